The summed E-state index contributed by atoms with van der Waals surface area (Å²) in [5, 5.41) is 8.17. The van der Waals surface area contributed by atoms with Gasteiger partial charge in [-0.05, 0) is 6.92 Å². The zero-order chi connectivity index (χ0) is 6.73. The highest BCUT2D eigenvalue weighted by Crippen LogP contribution is 1.92. The van der Waals surface area contributed by atoms with Gasteiger partial charge in [0.05, 0.1) is 0 Å². The summed E-state index contributed by atoms with van der Waals surface area (Å²) in [6.07, 6.45) is 0. The molecule has 0 heterocycles. The average molecular weight is 115 g/mol. The second-order valence-electron chi connectivity index (χ2n) is 1.62. The standard InChI is InChI=1S/C5H9NO2/c1-3(4(2)6)5(7)8/h4H,1,6H2,2H3,(H,7,8)/t4-/m0/s1. The Morgan fingerprint density at radius 3 is 2.25 bits per heavy atom. The fourth-order valence-corrected chi connectivity index (χ4v) is 0.195. The molecule has 0 saturated heterocycles. The maximum absolute atomic E-state index is 9.96. The Bertz CT molecular complexity index is 118. The molecule has 0 fully saturated rings. The molecule has 1 atom stereocenters. The first-order valence-corrected chi connectivity index (χ1v) is 2.23. The molecule has 3 nitrogen and oxygen atoms in total. The Labute approximate surface area is 47.8 Å². The number of carbonyl (C=O) groups is 1. The molecule has 0 aromatic carbocycles. The fourth-order valence-electron chi connectivity index (χ4n) is 0.195. The summed E-state index contributed by atoms with van der Waals surface area (Å²) in [7, 11) is 0. The largest absolute Gasteiger partial charge is 0.478 e. The van der Waals surface area contributed by atoms with Crippen LogP contribution in [0.2, 0.25) is 0 Å². The Balaban J connectivity index is 3.84. The molecule has 0 rings (SSSR count). The summed E-state index contributed by atoms with van der Waals surface area (Å²) in [6, 6.07) is -0.451. The molecular formula is C5H9NO2. The predicted octanol–water partition coefficient (Wildman–Crippen LogP) is -0.0256. The van der Waals surface area contributed by atoms with Gasteiger partial charge in [-0.1, -0.05) is 6.58 Å². The van der Waals surface area contributed by atoms with E-state index in [0.717, 1.165) is 0 Å². The lowest BCUT2D eigenvalue weighted by Gasteiger charge is -2.00. The SMILES string of the molecule is C=C(C(=O)O)[C@H](C)N. The first kappa shape index (κ1) is 7.17. The number of rotatable bonds is 2. The minimum Gasteiger partial charge on any atom is -0.478 e. The zero-order valence-electron chi connectivity index (χ0n) is 4.72. The smallest absolute Gasteiger partial charge is 0.332 e. The van der Waals surface area contributed by atoms with Gasteiger partial charge in [0.15, 0.2) is 0 Å². The molecule has 0 aromatic rings. The van der Waals surface area contributed by atoms with Crippen LogP contribution in [-0.2, 0) is 4.79 Å². The van der Waals surface area contributed by atoms with E-state index in [-0.39, 0.29) is 5.57 Å². The molecule has 8 heavy (non-hydrogen) atoms. The van der Waals surface area contributed by atoms with Gasteiger partial charge in [0.2, 0.25) is 0 Å². The van der Waals surface area contributed by atoms with E-state index < -0.39 is 12.0 Å². The number of aliphatic carboxylic acids is 1. The summed E-state index contributed by atoms with van der Waals surface area (Å²) in [4.78, 5) is 9.96. The fraction of sp³-hybridized carbons (Fsp3) is 0.400. The highest BCUT2D eigenvalue weighted by Gasteiger charge is 2.06. The normalized spacial score (nSPS) is 12.8. The first-order valence-electron chi connectivity index (χ1n) is 2.23. The third-order valence-electron chi connectivity index (χ3n) is 0.824. The molecule has 0 bridgehead atoms. The van der Waals surface area contributed by atoms with Gasteiger partial charge in [0.25, 0.3) is 0 Å². The maximum Gasteiger partial charge on any atom is 0.332 e. The molecular weight excluding hydrogens is 106 g/mol. The number of carboxylic acid groups (broad SMARTS) is 1. The molecule has 0 aliphatic rings. The van der Waals surface area contributed by atoms with Crippen molar-refractivity contribution < 1.29 is 9.90 Å². The van der Waals surface area contributed by atoms with Crippen LogP contribution >= 0.6 is 0 Å². The topological polar surface area (TPSA) is 63.3 Å². The zero-order valence-corrected chi connectivity index (χ0v) is 4.72. The van der Waals surface area contributed by atoms with Gasteiger partial charge in [-0.3, -0.25) is 0 Å². The molecule has 0 amide bonds. The molecule has 0 unspecified atom stereocenters. The van der Waals surface area contributed by atoms with E-state index in [4.69, 9.17) is 10.8 Å². The van der Waals surface area contributed by atoms with Crippen LogP contribution in [0.25, 0.3) is 0 Å². The van der Waals surface area contributed by atoms with Crippen molar-refractivity contribution in [3.05, 3.63) is 12.2 Å². The second-order valence-corrected chi connectivity index (χ2v) is 1.62. The van der Waals surface area contributed by atoms with Gasteiger partial charge in [0, 0.05) is 11.6 Å². The quantitative estimate of drug-likeness (QED) is 0.497. The highest BCUT2D eigenvalue weighted by atomic mass is 16.4. The Morgan fingerprint density at radius 1 is 1.88 bits per heavy atom. The van der Waals surface area contributed by atoms with Crippen LogP contribution in [0.4, 0.5) is 0 Å². The summed E-state index contributed by atoms with van der Waals surface area (Å²) < 4.78 is 0. The van der Waals surface area contributed by atoms with Crippen LogP contribution in [0, 0.1) is 0 Å². The molecule has 0 aliphatic carbocycles. The van der Waals surface area contributed by atoms with Crippen molar-refractivity contribution in [2.24, 2.45) is 5.73 Å². The van der Waals surface area contributed by atoms with Gasteiger partial charge in [-0.25, -0.2) is 4.79 Å². The summed E-state index contributed by atoms with van der Waals surface area (Å²) in [5.41, 5.74) is 5.20. The lowest BCUT2D eigenvalue weighted by molar-refractivity contribution is -0.132. The van der Waals surface area contributed by atoms with E-state index >= 15 is 0 Å². The minimum absolute atomic E-state index is 0.0463. The molecule has 3 heteroatoms. The molecule has 0 radical (unpaired) electrons. The highest BCUT2D eigenvalue weighted by molar-refractivity contribution is 5.86. The summed E-state index contributed by atoms with van der Waals surface area (Å²) in [6.45, 7) is 4.81. The van der Waals surface area contributed by atoms with Gasteiger partial charge < -0.3 is 10.8 Å². The van der Waals surface area contributed by atoms with Gasteiger partial charge in [-0.15, -0.1) is 0 Å². The van der Waals surface area contributed by atoms with E-state index in [1.807, 2.05) is 0 Å². The third kappa shape index (κ3) is 1.75. The molecule has 0 aliphatic heterocycles. The molecule has 3 N–H and O–H groups in total. The van der Waals surface area contributed by atoms with Crippen LogP contribution in [0.5, 0.6) is 0 Å². The van der Waals surface area contributed by atoms with Crippen molar-refractivity contribution in [1.29, 1.82) is 0 Å². The van der Waals surface area contributed by atoms with Gasteiger partial charge in [0.1, 0.15) is 0 Å². The number of hydrogen-bond acceptors (Lipinski definition) is 2. The van der Waals surface area contributed by atoms with E-state index in [9.17, 15) is 4.79 Å². The van der Waals surface area contributed by atoms with Crippen molar-refractivity contribution in [3.8, 4) is 0 Å². The van der Waals surface area contributed by atoms with Crippen LogP contribution in [0.1, 0.15) is 6.92 Å². The molecule has 0 aromatic heterocycles. The number of carboxylic acids is 1. The molecule has 0 spiro atoms. The third-order valence-corrected chi connectivity index (χ3v) is 0.824. The molecule has 0 saturated carbocycles. The number of nitrogens with two attached hydrogens (primary N) is 1. The summed E-state index contributed by atoms with van der Waals surface area (Å²) in [5.74, 6) is -1.03. The number of hydrogen-bond donors (Lipinski definition) is 2. The minimum atomic E-state index is -1.03. The van der Waals surface area contributed by atoms with Crippen molar-refractivity contribution in [2.45, 2.75) is 13.0 Å². The van der Waals surface area contributed by atoms with Crippen molar-refractivity contribution in [1.82, 2.24) is 0 Å². The van der Waals surface area contributed by atoms with Crippen molar-refractivity contribution in [2.75, 3.05) is 0 Å². The first-order chi connectivity index (χ1) is 3.55. The lowest BCUT2D eigenvalue weighted by atomic mass is 10.2. The lowest BCUT2D eigenvalue weighted by Crippen LogP contribution is -2.22. The monoisotopic (exact) mass is 115 g/mol. The Kier molecular flexibility index (Phi) is 2.21. The van der Waals surface area contributed by atoms with Crippen LogP contribution in [-0.4, -0.2) is 17.1 Å². The van der Waals surface area contributed by atoms with Crippen molar-refractivity contribution >= 4 is 5.97 Å². The van der Waals surface area contributed by atoms with Crippen molar-refractivity contribution in [3.63, 3.8) is 0 Å². The van der Waals surface area contributed by atoms with Crippen LogP contribution in [0.3, 0.4) is 0 Å². The second kappa shape index (κ2) is 2.47. The Hall–Kier alpha value is -0.830. The van der Waals surface area contributed by atoms with E-state index in [0.29, 0.717) is 0 Å². The van der Waals surface area contributed by atoms with E-state index in [2.05, 4.69) is 6.58 Å². The van der Waals surface area contributed by atoms with Gasteiger partial charge >= 0.3 is 5.97 Å². The van der Waals surface area contributed by atoms with Crippen LogP contribution < -0.4 is 5.73 Å². The van der Waals surface area contributed by atoms with Crippen LogP contribution in [0.15, 0.2) is 12.2 Å². The average Bonchev–Trinajstić information content (AvgIpc) is 1.64. The van der Waals surface area contributed by atoms with Gasteiger partial charge in [-0.2, -0.15) is 0 Å². The molecule has 46 valence electrons. The summed E-state index contributed by atoms with van der Waals surface area (Å²) >= 11 is 0. The van der Waals surface area contributed by atoms with E-state index in [1.165, 1.54) is 0 Å². The predicted molar refractivity (Wildman–Crippen MR) is 30.4 cm³/mol. The van der Waals surface area contributed by atoms with E-state index in [1.54, 1.807) is 6.92 Å². The Morgan fingerprint density at radius 2 is 2.25 bits per heavy atom. The maximum atomic E-state index is 9.96.